The Labute approximate surface area is 118 Å². The van der Waals surface area contributed by atoms with Crippen LogP contribution in [-0.4, -0.2) is 30.3 Å². The molecule has 19 heavy (non-hydrogen) atoms. The van der Waals surface area contributed by atoms with Crippen LogP contribution in [0.2, 0.25) is 5.02 Å². The Morgan fingerprint density at radius 1 is 1.42 bits per heavy atom. The summed E-state index contributed by atoms with van der Waals surface area (Å²) in [7, 11) is 0. The molecule has 5 heteroatoms. The van der Waals surface area contributed by atoms with Crippen molar-refractivity contribution in [1.29, 1.82) is 0 Å². The van der Waals surface area contributed by atoms with Crippen LogP contribution in [0.15, 0.2) is 18.2 Å². The summed E-state index contributed by atoms with van der Waals surface area (Å²) in [4.78, 5) is 11.8. The number of ether oxygens (including phenoxy) is 1. The number of amides is 1. The second kappa shape index (κ2) is 8.02. The van der Waals surface area contributed by atoms with E-state index in [9.17, 15) is 9.90 Å². The average molecular weight is 286 g/mol. The van der Waals surface area contributed by atoms with Crippen LogP contribution in [0, 0.1) is 0 Å². The molecule has 0 aliphatic heterocycles. The van der Waals surface area contributed by atoms with E-state index < -0.39 is 0 Å². The van der Waals surface area contributed by atoms with Crippen LogP contribution in [-0.2, 0) is 4.74 Å². The molecule has 0 spiro atoms. The van der Waals surface area contributed by atoms with Gasteiger partial charge in [-0.3, -0.25) is 4.79 Å². The molecule has 106 valence electrons. The van der Waals surface area contributed by atoms with Crippen LogP contribution in [0.5, 0.6) is 5.75 Å². The number of hydrogen-bond acceptors (Lipinski definition) is 3. The molecular formula is C14H20ClNO3. The van der Waals surface area contributed by atoms with Gasteiger partial charge in [-0.05, 0) is 44.9 Å². The largest absolute Gasteiger partial charge is 0.506 e. The lowest BCUT2D eigenvalue weighted by Crippen LogP contribution is -2.24. The molecule has 2 N–H and O–H groups in total. The van der Waals surface area contributed by atoms with Gasteiger partial charge in [0.25, 0.3) is 5.91 Å². The monoisotopic (exact) mass is 285 g/mol. The molecule has 0 saturated heterocycles. The first-order valence-electron chi connectivity index (χ1n) is 6.39. The summed E-state index contributed by atoms with van der Waals surface area (Å²) in [5, 5.41) is 12.2. The number of halogens is 1. The third kappa shape index (κ3) is 5.94. The molecule has 0 bridgehead atoms. The maximum atomic E-state index is 11.8. The van der Waals surface area contributed by atoms with Crippen LogP contribution in [0.1, 0.15) is 37.0 Å². The molecule has 0 saturated carbocycles. The van der Waals surface area contributed by atoms with Gasteiger partial charge in [0.05, 0.1) is 11.1 Å². The summed E-state index contributed by atoms with van der Waals surface area (Å²) < 4.78 is 5.40. The maximum absolute atomic E-state index is 11.8. The molecule has 1 amide bonds. The van der Waals surface area contributed by atoms with Crippen molar-refractivity contribution in [2.45, 2.75) is 32.8 Å². The lowest BCUT2D eigenvalue weighted by atomic mass is 10.2. The topological polar surface area (TPSA) is 58.6 Å². The number of carbonyl (C=O) groups excluding carboxylic acids is 1. The van der Waals surface area contributed by atoms with Gasteiger partial charge >= 0.3 is 0 Å². The van der Waals surface area contributed by atoms with Crippen molar-refractivity contribution < 1.29 is 14.6 Å². The van der Waals surface area contributed by atoms with Gasteiger partial charge in [0.1, 0.15) is 5.75 Å². The second-order valence-corrected chi connectivity index (χ2v) is 4.96. The number of benzene rings is 1. The minimum atomic E-state index is -0.188. The molecule has 1 aromatic carbocycles. The van der Waals surface area contributed by atoms with E-state index in [-0.39, 0.29) is 22.8 Å². The number of phenols is 1. The lowest BCUT2D eigenvalue weighted by molar-refractivity contribution is 0.0754. The number of hydrogen-bond donors (Lipinski definition) is 2. The quantitative estimate of drug-likeness (QED) is 0.757. The Kier molecular flexibility index (Phi) is 6.67. The predicted molar refractivity (Wildman–Crippen MR) is 75.8 cm³/mol. The van der Waals surface area contributed by atoms with E-state index in [0.717, 1.165) is 12.8 Å². The van der Waals surface area contributed by atoms with Gasteiger partial charge in [0, 0.05) is 18.7 Å². The van der Waals surface area contributed by atoms with E-state index in [2.05, 4.69) is 5.32 Å². The highest BCUT2D eigenvalue weighted by Gasteiger charge is 2.07. The predicted octanol–water partition coefficient (Wildman–Crippen LogP) is 2.98. The van der Waals surface area contributed by atoms with Gasteiger partial charge in [0.2, 0.25) is 0 Å². The standard InChI is InChI=1S/C14H20ClNO3/c1-10(2)19-8-4-3-7-16-14(18)11-5-6-13(17)12(15)9-11/h5-6,9-10,17H,3-4,7-8H2,1-2H3,(H,16,18). The van der Waals surface area contributed by atoms with Crippen molar-refractivity contribution >= 4 is 17.5 Å². The normalized spacial score (nSPS) is 10.7. The lowest BCUT2D eigenvalue weighted by Gasteiger charge is -2.08. The van der Waals surface area contributed by atoms with Crippen molar-refractivity contribution in [3.05, 3.63) is 28.8 Å². The highest BCUT2D eigenvalue weighted by Crippen LogP contribution is 2.23. The molecule has 0 aromatic heterocycles. The number of phenolic OH excluding ortho intramolecular Hbond substituents is 1. The van der Waals surface area contributed by atoms with Gasteiger partial charge in [-0.2, -0.15) is 0 Å². The van der Waals surface area contributed by atoms with Crippen LogP contribution < -0.4 is 5.32 Å². The summed E-state index contributed by atoms with van der Waals surface area (Å²) in [6, 6.07) is 4.40. The summed E-state index contributed by atoms with van der Waals surface area (Å²) in [6.45, 7) is 5.30. The Morgan fingerprint density at radius 3 is 2.79 bits per heavy atom. The van der Waals surface area contributed by atoms with Crippen LogP contribution in [0.25, 0.3) is 0 Å². The van der Waals surface area contributed by atoms with E-state index >= 15 is 0 Å². The molecule has 0 atom stereocenters. The Bertz CT molecular complexity index is 421. The Morgan fingerprint density at radius 2 is 2.16 bits per heavy atom. The van der Waals surface area contributed by atoms with Crippen molar-refractivity contribution in [3.63, 3.8) is 0 Å². The molecule has 0 radical (unpaired) electrons. The van der Waals surface area contributed by atoms with E-state index in [1.165, 1.54) is 12.1 Å². The van der Waals surface area contributed by atoms with Gasteiger partial charge in [-0.25, -0.2) is 0 Å². The van der Waals surface area contributed by atoms with Gasteiger partial charge in [-0.15, -0.1) is 0 Å². The highest BCUT2D eigenvalue weighted by atomic mass is 35.5. The van der Waals surface area contributed by atoms with Crippen molar-refractivity contribution in [1.82, 2.24) is 5.32 Å². The fourth-order valence-corrected chi connectivity index (χ4v) is 1.68. The average Bonchev–Trinajstić information content (AvgIpc) is 2.36. The minimum Gasteiger partial charge on any atom is -0.506 e. The molecule has 0 fully saturated rings. The molecule has 1 rings (SSSR count). The van der Waals surface area contributed by atoms with Crippen LogP contribution >= 0.6 is 11.6 Å². The number of rotatable bonds is 7. The Balaban J connectivity index is 2.26. The molecular weight excluding hydrogens is 266 g/mol. The third-order valence-corrected chi connectivity index (χ3v) is 2.82. The van der Waals surface area contributed by atoms with Gasteiger partial charge < -0.3 is 15.2 Å². The fraction of sp³-hybridized carbons (Fsp3) is 0.500. The highest BCUT2D eigenvalue weighted by molar-refractivity contribution is 6.32. The molecule has 4 nitrogen and oxygen atoms in total. The summed E-state index contributed by atoms with van der Waals surface area (Å²) >= 11 is 5.74. The summed E-state index contributed by atoms with van der Waals surface area (Å²) in [5.41, 5.74) is 0.446. The molecule has 0 aliphatic rings. The van der Waals surface area contributed by atoms with Gasteiger partial charge in [0.15, 0.2) is 0 Å². The van der Waals surface area contributed by atoms with Crippen molar-refractivity contribution in [2.24, 2.45) is 0 Å². The SMILES string of the molecule is CC(C)OCCCCNC(=O)c1ccc(O)c(Cl)c1. The zero-order valence-corrected chi connectivity index (χ0v) is 12.0. The third-order valence-electron chi connectivity index (χ3n) is 2.52. The first-order chi connectivity index (χ1) is 9.00. The van der Waals surface area contributed by atoms with E-state index in [0.29, 0.717) is 18.7 Å². The van der Waals surface area contributed by atoms with E-state index in [1.54, 1.807) is 6.07 Å². The smallest absolute Gasteiger partial charge is 0.251 e. The number of unbranched alkanes of at least 4 members (excludes halogenated alkanes) is 1. The van der Waals surface area contributed by atoms with Crippen molar-refractivity contribution in [2.75, 3.05) is 13.2 Å². The molecule has 1 aromatic rings. The fourth-order valence-electron chi connectivity index (χ4n) is 1.50. The first-order valence-corrected chi connectivity index (χ1v) is 6.77. The molecule has 0 unspecified atom stereocenters. The zero-order chi connectivity index (χ0) is 14.3. The number of aromatic hydroxyl groups is 1. The van der Waals surface area contributed by atoms with Gasteiger partial charge in [-0.1, -0.05) is 11.6 Å². The summed E-state index contributed by atoms with van der Waals surface area (Å²) in [5.74, 6) is -0.212. The minimum absolute atomic E-state index is 0.0240. The number of nitrogens with one attached hydrogen (secondary N) is 1. The van der Waals surface area contributed by atoms with Crippen LogP contribution in [0.3, 0.4) is 0 Å². The number of carbonyl (C=O) groups is 1. The second-order valence-electron chi connectivity index (χ2n) is 4.55. The Hall–Kier alpha value is -1.26. The first kappa shape index (κ1) is 15.8. The molecule has 0 heterocycles. The van der Waals surface area contributed by atoms with E-state index in [4.69, 9.17) is 16.3 Å². The summed E-state index contributed by atoms with van der Waals surface area (Å²) in [6.07, 6.45) is 2.02. The maximum Gasteiger partial charge on any atom is 0.251 e. The van der Waals surface area contributed by atoms with Crippen LogP contribution in [0.4, 0.5) is 0 Å². The zero-order valence-electron chi connectivity index (χ0n) is 11.3. The molecule has 0 aliphatic carbocycles. The van der Waals surface area contributed by atoms with E-state index in [1.807, 2.05) is 13.8 Å². The van der Waals surface area contributed by atoms with Crippen molar-refractivity contribution in [3.8, 4) is 5.75 Å².